The average Bonchev–Trinajstić information content (AvgIpc) is 2.52. The van der Waals surface area contributed by atoms with E-state index in [4.69, 9.17) is 10.5 Å². The molecule has 0 spiro atoms. The number of hydrogen-bond acceptors (Lipinski definition) is 4. The Morgan fingerprint density at radius 3 is 2.39 bits per heavy atom. The molecule has 5 heteroatoms. The van der Waals surface area contributed by atoms with E-state index in [1.165, 1.54) is 6.92 Å². The van der Waals surface area contributed by atoms with Gasteiger partial charge in [-0.3, -0.25) is 4.79 Å². The molecule has 23 heavy (non-hydrogen) atoms. The number of carbonyl (C=O) groups is 2. The monoisotopic (exact) mass is 312 g/mol. The molecule has 2 aromatic carbocycles. The molecule has 3 N–H and O–H groups in total. The summed E-state index contributed by atoms with van der Waals surface area (Å²) in [6.45, 7) is 5.29. The van der Waals surface area contributed by atoms with Gasteiger partial charge in [-0.25, -0.2) is 4.79 Å². The molecule has 0 aliphatic carbocycles. The van der Waals surface area contributed by atoms with E-state index < -0.39 is 18.0 Å². The number of nitrogens with two attached hydrogens (primary N) is 1. The molecule has 1 amide bonds. The molecule has 0 fully saturated rings. The minimum absolute atomic E-state index is 0.264. The zero-order chi connectivity index (χ0) is 17.0. The first-order valence-corrected chi connectivity index (χ1v) is 7.32. The standard InChI is InChI=1S/C18H20N2O3/c1-11-7-9-14(10-8-11)20-17(21)13(3)23-18(22)15-6-4-5-12(2)16(15)19/h4-10,13H,19H2,1-3H3,(H,20,21)/t13-/m0/s1. The van der Waals surface area contributed by atoms with Crippen molar-refractivity contribution in [2.24, 2.45) is 0 Å². The normalized spacial score (nSPS) is 11.6. The van der Waals surface area contributed by atoms with Crippen LogP contribution in [0.25, 0.3) is 0 Å². The second-order valence-electron chi connectivity index (χ2n) is 5.44. The zero-order valence-corrected chi connectivity index (χ0v) is 13.4. The molecule has 2 rings (SSSR count). The third-order valence-electron chi connectivity index (χ3n) is 3.52. The van der Waals surface area contributed by atoms with Gasteiger partial charge >= 0.3 is 5.97 Å². The number of rotatable bonds is 4. The summed E-state index contributed by atoms with van der Waals surface area (Å²) >= 11 is 0. The van der Waals surface area contributed by atoms with Crippen LogP contribution < -0.4 is 11.1 Å². The summed E-state index contributed by atoms with van der Waals surface area (Å²) < 4.78 is 5.20. The van der Waals surface area contributed by atoms with Gasteiger partial charge in [-0.15, -0.1) is 0 Å². The van der Waals surface area contributed by atoms with E-state index in [1.54, 1.807) is 37.3 Å². The fourth-order valence-electron chi connectivity index (χ4n) is 2.02. The van der Waals surface area contributed by atoms with E-state index in [1.807, 2.05) is 19.1 Å². The Hall–Kier alpha value is -2.82. The van der Waals surface area contributed by atoms with Gasteiger partial charge < -0.3 is 15.8 Å². The van der Waals surface area contributed by atoms with Crippen molar-refractivity contribution < 1.29 is 14.3 Å². The highest BCUT2D eigenvalue weighted by Crippen LogP contribution is 2.18. The maximum absolute atomic E-state index is 12.1. The highest BCUT2D eigenvalue weighted by molar-refractivity contribution is 5.99. The Kier molecular flexibility index (Phi) is 5.01. The predicted octanol–water partition coefficient (Wildman–Crippen LogP) is 3.07. The first kappa shape index (κ1) is 16.5. The van der Waals surface area contributed by atoms with Gasteiger partial charge in [0.15, 0.2) is 6.10 Å². The van der Waals surface area contributed by atoms with Crippen molar-refractivity contribution in [2.75, 3.05) is 11.1 Å². The van der Waals surface area contributed by atoms with Crippen LogP contribution in [0.3, 0.4) is 0 Å². The van der Waals surface area contributed by atoms with Gasteiger partial charge in [-0.05, 0) is 44.5 Å². The maximum Gasteiger partial charge on any atom is 0.341 e. The van der Waals surface area contributed by atoms with Crippen LogP contribution in [0.5, 0.6) is 0 Å². The van der Waals surface area contributed by atoms with Crippen molar-refractivity contribution in [3.05, 3.63) is 59.2 Å². The molecule has 0 aliphatic rings. The number of nitrogens with one attached hydrogen (secondary N) is 1. The number of carbonyl (C=O) groups excluding carboxylic acids is 2. The number of esters is 1. The molecule has 0 heterocycles. The lowest BCUT2D eigenvalue weighted by Crippen LogP contribution is -2.30. The number of aryl methyl sites for hydroxylation is 2. The lowest BCUT2D eigenvalue weighted by Gasteiger charge is -2.15. The van der Waals surface area contributed by atoms with Crippen molar-refractivity contribution >= 4 is 23.3 Å². The molecule has 0 aliphatic heterocycles. The summed E-state index contributed by atoms with van der Waals surface area (Å²) in [6, 6.07) is 12.5. The van der Waals surface area contributed by atoms with E-state index in [-0.39, 0.29) is 5.56 Å². The maximum atomic E-state index is 12.1. The Balaban J connectivity index is 2.01. The molecule has 0 radical (unpaired) electrons. The zero-order valence-electron chi connectivity index (χ0n) is 13.4. The van der Waals surface area contributed by atoms with Crippen LogP contribution in [0.15, 0.2) is 42.5 Å². The highest BCUT2D eigenvalue weighted by atomic mass is 16.5. The Labute approximate surface area is 135 Å². The molecule has 2 aromatic rings. The van der Waals surface area contributed by atoms with Crippen LogP contribution in [-0.2, 0) is 9.53 Å². The molecule has 0 bridgehead atoms. The lowest BCUT2D eigenvalue weighted by molar-refractivity contribution is -0.123. The van der Waals surface area contributed by atoms with Crippen LogP contribution in [0.1, 0.15) is 28.4 Å². The second-order valence-corrected chi connectivity index (χ2v) is 5.44. The Bertz CT molecular complexity index is 724. The van der Waals surface area contributed by atoms with Crippen LogP contribution >= 0.6 is 0 Å². The van der Waals surface area contributed by atoms with Crippen LogP contribution in [0.2, 0.25) is 0 Å². The van der Waals surface area contributed by atoms with Gasteiger partial charge in [0.1, 0.15) is 0 Å². The largest absolute Gasteiger partial charge is 0.449 e. The topological polar surface area (TPSA) is 81.4 Å². The predicted molar refractivity (Wildman–Crippen MR) is 90.3 cm³/mol. The van der Waals surface area contributed by atoms with Crippen LogP contribution in [-0.4, -0.2) is 18.0 Å². The first-order chi connectivity index (χ1) is 10.9. The summed E-state index contributed by atoms with van der Waals surface area (Å²) in [7, 11) is 0. The van der Waals surface area contributed by atoms with Gasteiger partial charge in [-0.2, -0.15) is 0 Å². The summed E-state index contributed by atoms with van der Waals surface area (Å²) in [5, 5.41) is 2.70. The third-order valence-corrected chi connectivity index (χ3v) is 3.52. The van der Waals surface area contributed by atoms with Crippen LogP contribution in [0.4, 0.5) is 11.4 Å². The van der Waals surface area contributed by atoms with Crippen molar-refractivity contribution in [1.29, 1.82) is 0 Å². The van der Waals surface area contributed by atoms with Crippen LogP contribution in [0, 0.1) is 13.8 Å². The van der Waals surface area contributed by atoms with Gasteiger partial charge in [0.2, 0.25) is 0 Å². The van der Waals surface area contributed by atoms with E-state index in [0.717, 1.165) is 11.1 Å². The van der Waals surface area contributed by atoms with E-state index in [2.05, 4.69) is 5.32 Å². The summed E-state index contributed by atoms with van der Waals surface area (Å²) in [4.78, 5) is 24.2. The average molecular weight is 312 g/mol. The third kappa shape index (κ3) is 4.10. The molecular formula is C18H20N2O3. The fourth-order valence-corrected chi connectivity index (χ4v) is 2.02. The number of benzene rings is 2. The SMILES string of the molecule is Cc1ccc(NC(=O)[C@H](C)OC(=O)c2cccc(C)c2N)cc1. The summed E-state index contributed by atoms with van der Waals surface area (Å²) in [5.74, 6) is -1.01. The van der Waals surface area contributed by atoms with Crippen molar-refractivity contribution in [2.45, 2.75) is 26.9 Å². The second kappa shape index (κ2) is 6.96. The van der Waals surface area contributed by atoms with Gasteiger partial charge in [0.25, 0.3) is 5.91 Å². The number of amides is 1. The molecule has 1 atom stereocenters. The molecule has 0 unspecified atom stereocenters. The molecule has 0 saturated heterocycles. The number of hydrogen-bond donors (Lipinski definition) is 2. The Morgan fingerprint density at radius 2 is 1.74 bits per heavy atom. The summed E-state index contributed by atoms with van der Waals surface area (Å²) in [6.07, 6.45) is -0.927. The highest BCUT2D eigenvalue weighted by Gasteiger charge is 2.20. The smallest absolute Gasteiger partial charge is 0.341 e. The number of nitrogen functional groups attached to an aromatic ring is 1. The van der Waals surface area contributed by atoms with Gasteiger partial charge in [0.05, 0.1) is 5.56 Å². The molecule has 120 valence electrons. The Morgan fingerprint density at radius 1 is 1.09 bits per heavy atom. The minimum Gasteiger partial charge on any atom is -0.449 e. The quantitative estimate of drug-likeness (QED) is 0.671. The van der Waals surface area contributed by atoms with E-state index >= 15 is 0 Å². The van der Waals surface area contributed by atoms with Crippen molar-refractivity contribution in [1.82, 2.24) is 0 Å². The molecule has 0 saturated carbocycles. The van der Waals surface area contributed by atoms with E-state index in [9.17, 15) is 9.59 Å². The van der Waals surface area contributed by atoms with Gasteiger partial charge in [0, 0.05) is 11.4 Å². The molecule has 5 nitrogen and oxygen atoms in total. The number of anilines is 2. The fraction of sp³-hybridized carbons (Fsp3) is 0.222. The number of ether oxygens (including phenoxy) is 1. The van der Waals surface area contributed by atoms with Crippen molar-refractivity contribution in [3.8, 4) is 0 Å². The van der Waals surface area contributed by atoms with E-state index in [0.29, 0.717) is 11.4 Å². The molecule has 0 aromatic heterocycles. The van der Waals surface area contributed by atoms with Gasteiger partial charge in [-0.1, -0.05) is 29.8 Å². The summed E-state index contributed by atoms with van der Waals surface area (Å²) in [5.41, 5.74) is 9.03. The number of para-hydroxylation sites is 1. The minimum atomic E-state index is -0.927. The lowest BCUT2D eigenvalue weighted by atomic mass is 10.1. The first-order valence-electron chi connectivity index (χ1n) is 7.32. The molecular weight excluding hydrogens is 292 g/mol. The van der Waals surface area contributed by atoms with Crippen molar-refractivity contribution in [3.63, 3.8) is 0 Å².